The highest BCUT2D eigenvalue weighted by Crippen LogP contribution is 2.32. The van der Waals surface area contributed by atoms with Crippen molar-refractivity contribution in [2.24, 2.45) is 0 Å². The van der Waals surface area contributed by atoms with Crippen molar-refractivity contribution >= 4 is 29.0 Å². The van der Waals surface area contributed by atoms with Gasteiger partial charge in [-0.05, 0) is 43.7 Å². The minimum absolute atomic E-state index is 0.0322. The Balaban J connectivity index is 1.71. The number of amides is 1. The van der Waals surface area contributed by atoms with Gasteiger partial charge < -0.3 is 15.0 Å². The molecule has 9 nitrogen and oxygen atoms in total. The summed E-state index contributed by atoms with van der Waals surface area (Å²) >= 11 is 0. The number of pyridine rings is 1. The Hall–Kier alpha value is -4.00. The fraction of sp³-hybridized carbons (Fsp3) is 0.360. The van der Waals surface area contributed by atoms with Gasteiger partial charge in [-0.3, -0.25) is 15.6 Å². The molecular weight excluding hydrogens is 506 g/mol. The lowest BCUT2D eigenvalue weighted by molar-refractivity contribution is -0.137. The first kappa shape index (κ1) is 28.6. The summed E-state index contributed by atoms with van der Waals surface area (Å²) in [6.45, 7) is 5.10. The number of rotatable bonds is 12. The van der Waals surface area contributed by atoms with Crippen LogP contribution in [0.1, 0.15) is 42.0 Å². The second-order valence-electron chi connectivity index (χ2n) is 8.21. The van der Waals surface area contributed by atoms with E-state index >= 15 is 0 Å². The van der Waals surface area contributed by atoms with Crippen LogP contribution in [-0.4, -0.2) is 47.7 Å². The molecule has 38 heavy (non-hydrogen) atoms. The van der Waals surface area contributed by atoms with Gasteiger partial charge in [-0.1, -0.05) is 19.4 Å². The summed E-state index contributed by atoms with van der Waals surface area (Å²) in [4.78, 5) is 26.6. The number of nitrogens with zero attached hydrogens (tertiary/aromatic N) is 4. The topological polar surface area (TPSA) is 104 Å². The van der Waals surface area contributed by atoms with E-state index in [1.54, 1.807) is 18.0 Å². The number of carbonyl (C=O) groups excluding carboxylic acids is 1. The average Bonchev–Trinajstić information content (AvgIpc) is 2.89. The number of aryl methyl sites for hydroxylation is 1. The van der Waals surface area contributed by atoms with Crippen molar-refractivity contribution in [1.29, 1.82) is 0 Å². The number of alkyl halides is 3. The second-order valence-corrected chi connectivity index (χ2v) is 8.21. The van der Waals surface area contributed by atoms with Crippen LogP contribution in [0.3, 0.4) is 0 Å². The molecule has 204 valence electrons. The van der Waals surface area contributed by atoms with Crippen LogP contribution in [0.4, 0.5) is 40.7 Å². The first-order chi connectivity index (χ1) is 18.1. The van der Waals surface area contributed by atoms with Gasteiger partial charge in [0.2, 0.25) is 5.95 Å². The predicted molar refractivity (Wildman–Crippen MR) is 136 cm³/mol. The summed E-state index contributed by atoms with van der Waals surface area (Å²) in [6, 6.07) is 7.83. The molecule has 0 aliphatic rings. The third-order valence-electron chi connectivity index (χ3n) is 5.31. The second kappa shape index (κ2) is 13.0. The summed E-state index contributed by atoms with van der Waals surface area (Å²) in [5, 5.41) is 2.96. The molecule has 0 aliphatic carbocycles. The summed E-state index contributed by atoms with van der Waals surface area (Å²) < 4.78 is 58.7. The molecule has 0 spiro atoms. The van der Waals surface area contributed by atoms with E-state index in [1.807, 2.05) is 13.8 Å². The Morgan fingerprint density at radius 1 is 1.13 bits per heavy atom. The van der Waals surface area contributed by atoms with Crippen LogP contribution in [0.25, 0.3) is 0 Å². The first-order valence-electron chi connectivity index (χ1n) is 11.9. The van der Waals surface area contributed by atoms with E-state index in [1.165, 1.54) is 18.2 Å². The zero-order valence-electron chi connectivity index (χ0n) is 21.2. The van der Waals surface area contributed by atoms with Crippen molar-refractivity contribution in [3.05, 3.63) is 65.4 Å². The largest absolute Gasteiger partial charge is 0.416 e. The third-order valence-corrected chi connectivity index (χ3v) is 5.31. The molecular formula is C25H29F4N7O2. The lowest BCUT2D eigenvalue weighted by Crippen LogP contribution is -2.32. The quantitative estimate of drug-likeness (QED) is 0.170. The number of hydrogen-bond acceptors (Lipinski definition) is 8. The number of benzene rings is 1. The number of aromatic nitrogens is 3. The summed E-state index contributed by atoms with van der Waals surface area (Å²) in [6.07, 6.45) is -2.31. The van der Waals surface area contributed by atoms with Gasteiger partial charge in [-0.15, -0.1) is 0 Å². The molecule has 0 bridgehead atoms. The molecule has 1 aromatic carbocycles. The standard InChI is InChI=1S/C25H29F4N7O2/c1-4-7-19-20(31-17-9-6-8-16(14-17)25(27,28)29)10-11-21(32-19)23(37)34-35-24-30-15-18(26)22(33-24)36(3)12-13-38-5-2/h6,8-11,14-15,31H,4-5,7,12-13H2,1-3H3,(H,34,37)(H,30,33,35). The number of nitrogens with one attached hydrogen (secondary N) is 3. The molecule has 2 aromatic heterocycles. The Morgan fingerprint density at radius 2 is 1.92 bits per heavy atom. The van der Waals surface area contributed by atoms with Crippen molar-refractivity contribution in [3.8, 4) is 0 Å². The van der Waals surface area contributed by atoms with Crippen LogP contribution in [0, 0.1) is 5.82 Å². The number of anilines is 4. The molecule has 1 amide bonds. The van der Waals surface area contributed by atoms with Crippen molar-refractivity contribution in [2.75, 3.05) is 42.4 Å². The van der Waals surface area contributed by atoms with E-state index in [0.717, 1.165) is 18.3 Å². The molecule has 3 rings (SSSR count). The van der Waals surface area contributed by atoms with Gasteiger partial charge in [0.1, 0.15) is 5.69 Å². The van der Waals surface area contributed by atoms with Gasteiger partial charge >= 0.3 is 6.18 Å². The fourth-order valence-corrected chi connectivity index (χ4v) is 3.41. The van der Waals surface area contributed by atoms with Crippen molar-refractivity contribution < 1.29 is 27.1 Å². The Kier molecular flexibility index (Phi) is 9.77. The summed E-state index contributed by atoms with van der Waals surface area (Å²) in [5.74, 6) is -1.23. The minimum atomic E-state index is -4.47. The van der Waals surface area contributed by atoms with Crippen LogP contribution < -0.4 is 21.1 Å². The number of carbonyl (C=O) groups is 1. The van der Waals surface area contributed by atoms with Crippen molar-refractivity contribution in [1.82, 2.24) is 20.4 Å². The molecule has 13 heteroatoms. The molecule has 0 saturated carbocycles. The molecule has 0 radical (unpaired) electrons. The zero-order chi connectivity index (χ0) is 27.7. The molecule has 2 heterocycles. The van der Waals surface area contributed by atoms with Crippen LogP contribution in [-0.2, 0) is 17.3 Å². The van der Waals surface area contributed by atoms with Crippen LogP contribution in [0.5, 0.6) is 0 Å². The smallest absolute Gasteiger partial charge is 0.380 e. The van der Waals surface area contributed by atoms with E-state index in [-0.39, 0.29) is 23.1 Å². The molecule has 0 atom stereocenters. The zero-order valence-corrected chi connectivity index (χ0v) is 21.2. The Bertz CT molecular complexity index is 1240. The first-order valence-corrected chi connectivity index (χ1v) is 11.9. The lowest BCUT2D eigenvalue weighted by atomic mass is 10.1. The highest BCUT2D eigenvalue weighted by atomic mass is 19.4. The molecule has 0 fully saturated rings. The fourth-order valence-electron chi connectivity index (χ4n) is 3.41. The lowest BCUT2D eigenvalue weighted by Gasteiger charge is -2.19. The number of ether oxygens (including phenoxy) is 1. The van der Waals surface area contributed by atoms with E-state index in [4.69, 9.17) is 4.74 Å². The van der Waals surface area contributed by atoms with Gasteiger partial charge in [-0.2, -0.15) is 18.2 Å². The normalized spacial score (nSPS) is 11.2. The number of hydrazine groups is 1. The van der Waals surface area contributed by atoms with E-state index < -0.39 is 23.5 Å². The highest BCUT2D eigenvalue weighted by Gasteiger charge is 2.30. The minimum Gasteiger partial charge on any atom is -0.380 e. The van der Waals surface area contributed by atoms with E-state index in [9.17, 15) is 22.4 Å². The highest BCUT2D eigenvalue weighted by molar-refractivity contribution is 5.93. The Labute approximate surface area is 217 Å². The van der Waals surface area contributed by atoms with Gasteiger partial charge in [0.25, 0.3) is 5.91 Å². The summed E-state index contributed by atoms with van der Waals surface area (Å²) in [7, 11) is 1.65. The van der Waals surface area contributed by atoms with Crippen LogP contribution in [0.15, 0.2) is 42.6 Å². The van der Waals surface area contributed by atoms with Gasteiger partial charge in [0, 0.05) is 25.9 Å². The molecule has 3 N–H and O–H groups in total. The van der Waals surface area contributed by atoms with E-state index in [2.05, 4.69) is 31.1 Å². The predicted octanol–water partition coefficient (Wildman–Crippen LogP) is 4.96. The maximum atomic E-state index is 14.2. The average molecular weight is 536 g/mol. The molecule has 0 saturated heterocycles. The maximum absolute atomic E-state index is 14.2. The van der Waals surface area contributed by atoms with Crippen LogP contribution in [0.2, 0.25) is 0 Å². The number of hydrogen-bond donors (Lipinski definition) is 3. The monoisotopic (exact) mass is 535 g/mol. The number of halogens is 4. The van der Waals surface area contributed by atoms with Gasteiger partial charge in [0.05, 0.1) is 29.7 Å². The van der Waals surface area contributed by atoms with Crippen molar-refractivity contribution in [3.63, 3.8) is 0 Å². The molecule has 3 aromatic rings. The third kappa shape index (κ3) is 7.75. The van der Waals surface area contributed by atoms with Crippen LogP contribution >= 0.6 is 0 Å². The SMILES string of the molecule is CCCc1nc(C(=O)NNc2ncc(F)c(N(C)CCOCC)n2)ccc1Nc1cccc(C(F)(F)F)c1. The van der Waals surface area contributed by atoms with Gasteiger partial charge in [0.15, 0.2) is 11.6 Å². The van der Waals surface area contributed by atoms with E-state index in [0.29, 0.717) is 44.0 Å². The van der Waals surface area contributed by atoms with Crippen molar-refractivity contribution in [2.45, 2.75) is 32.9 Å². The summed E-state index contributed by atoms with van der Waals surface area (Å²) in [5.41, 5.74) is 5.50. The Morgan fingerprint density at radius 3 is 2.63 bits per heavy atom. The molecule has 0 aliphatic heterocycles. The van der Waals surface area contributed by atoms with Gasteiger partial charge in [-0.25, -0.2) is 14.4 Å². The molecule has 0 unspecified atom stereocenters. The number of likely N-dealkylation sites (N-methyl/N-ethyl adjacent to an activating group) is 1. The maximum Gasteiger partial charge on any atom is 0.416 e.